The quantitative estimate of drug-likeness (QED) is 0.138. The third-order valence-corrected chi connectivity index (χ3v) is 19.9. The Bertz CT molecular complexity index is 4060. The van der Waals surface area contributed by atoms with Crippen LogP contribution in [0.1, 0.15) is 0 Å². The smallest absolute Gasteiger partial charge is 0.180 e. The molecule has 12 aromatic carbocycles. The molecule has 332 valence electrons. The monoisotopic (exact) mass is 918 g/mol. The van der Waals surface area contributed by atoms with Crippen molar-refractivity contribution >= 4 is 89.2 Å². The predicted molar refractivity (Wildman–Crippen MR) is 304 cm³/mol. The second-order valence-corrected chi connectivity index (χ2v) is 22.5. The molecule has 0 fully saturated rings. The van der Waals surface area contributed by atoms with E-state index < -0.39 is 8.07 Å². The summed E-state index contributed by atoms with van der Waals surface area (Å²) in [5, 5.41) is 13.2. The summed E-state index contributed by atoms with van der Waals surface area (Å²) in [4.78, 5) is 2.44. The van der Waals surface area contributed by atoms with Crippen LogP contribution >= 0.6 is 0 Å². The summed E-state index contributed by atoms with van der Waals surface area (Å²) in [5.41, 5.74) is 14.3. The Morgan fingerprint density at radius 2 is 0.845 bits per heavy atom. The van der Waals surface area contributed by atoms with Gasteiger partial charge in [-0.1, -0.05) is 224 Å². The van der Waals surface area contributed by atoms with E-state index in [1.165, 1.54) is 97.5 Å². The molecule has 3 heteroatoms. The highest BCUT2D eigenvalue weighted by molar-refractivity contribution is 7.22. The van der Waals surface area contributed by atoms with Crippen molar-refractivity contribution in [1.29, 1.82) is 0 Å². The normalized spacial score (nSPS) is 12.6. The van der Waals surface area contributed by atoms with Gasteiger partial charge in [-0.15, -0.1) is 0 Å². The molecule has 2 heterocycles. The number of fused-ring (bicyclic) bond motifs is 9. The number of hydrogen-bond acceptors (Lipinski definition) is 1. The van der Waals surface area contributed by atoms with E-state index in [1.54, 1.807) is 0 Å². The summed E-state index contributed by atoms with van der Waals surface area (Å²) < 4.78 is 2.41. The second kappa shape index (κ2) is 16.6. The standard InChI is InChI=1S/C68H46N2Si/c1-4-19-47(20-5-1)57-32-16-21-49-22-17-33-58(67(49)57)48-37-40-51(41-38-48)69(52-23-18-24-53(46-52)70-63-34-13-10-29-60(63)61-30-11-14-35-64(61)70)54-42-43-59-50(45-54)39-44-66-68(59)62-31-12-15-36-65(62)71(66,55-25-6-2-7-26-55)56-27-8-3-9-28-56/h1-46H. The van der Waals surface area contributed by atoms with Crippen molar-refractivity contribution in [1.82, 2.24) is 4.57 Å². The molecular formula is C68H46N2Si. The Kier molecular flexibility index (Phi) is 9.58. The topological polar surface area (TPSA) is 8.17 Å². The van der Waals surface area contributed by atoms with E-state index in [9.17, 15) is 0 Å². The van der Waals surface area contributed by atoms with Crippen LogP contribution < -0.4 is 25.6 Å². The van der Waals surface area contributed by atoms with Gasteiger partial charge in [-0.3, -0.25) is 0 Å². The molecule has 13 aromatic rings. The van der Waals surface area contributed by atoms with Crippen LogP contribution in [0, 0.1) is 0 Å². The van der Waals surface area contributed by atoms with Gasteiger partial charge in [-0.05, 0) is 130 Å². The molecule has 0 aliphatic carbocycles. The van der Waals surface area contributed by atoms with Crippen LogP contribution in [0.15, 0.2) is 279 Å². The number of nitrogens with zero attached hydrogens (tertiary/aromatic N) is 2. The highest BCUT2D eigenvalue weighted by Crippen LogP contribution is 2.43. The Morgan fingerprint density at radius 1 is 0.310 bits per heavy atom. The van der Waals surface area contributed by atoms with Crippen molar-refractivity contribution in [2.75, 3.05) is 4.90 Å². The Hall–Kier alpha value is -9.02. The first-order valence-corrected chi connectivity index (χ1v) is 26.6. The lowest BCUT2D eigenvalue weighted by molar-refractivity contribution is 1.17. The van der Waals surface area contributed by atoms with Gasteiger partial charge in [-0.2, -0.15) is 0 Å². The molecule has 0 atom stereocenters. The summed E-state index contributed by atoms with van der Waals surface area (Å²) in [6.45, 7) is 0. The number of para-hydroxylation sites is 2. The first kappa shape index (κ1) is 41.0. The average molecular weight is 919 g/mol. The van der Waals surface area contributed by atoms with Crippen molar-refractivity contribution in [2.45, 2.75) is 0 Å². The maximum Gasteiger partial charge on any atom is 0.180 e. The molecule has 0 saturated carbocycles. The molecule has 0 N–H and O–H groups in total. The van der Waals surface area contributed by atoms with Gasteiger partial charge in [0, 0.05) is 33.5 Å². The molecule has 0 unspecified atom stereocenters. The molecule has 71 heavy (non-hydrogen) atoms. The lowest BCUT2D eigenvalue weighted by Crippen LogP contribution is -2.72. The first-order chi connectivity index (χ1) is 35.2. The zero-order valence-corrected chi connectivity index (χ0v) is 40.0. The van der Waals surface area contributed by atoms with Gasteiger partial charge in [0.15, 0.2) is 8.07 Å². The van der Waals surface area contributed by atoms with Crippen LogP contribution in [-0.2, 0) is 0 Å². The van der Waals surface area contributed by atoms with Crippen molar-refractivity contribution in [2.24, 2.45) is 0 Å². The highest BCUT2D eigenvalue weighted by Gasteiger charge is 2.49. The third-order valence-electron chi connectivity index (χ3n) is 15.0. The Morgan fingerprint density at radius 3 is 1.52 bits per heavy atom. The molecule has 0 saturated heterocycles. The van der Waals surface area contributed by atoms with E-state index in [4.69, 9.17) is 0 Å². The predicted octanol–water partition coefficient (Wildman–Crippen LogP) is 15.3. The number of hydrogen-bond donors (Lipinski definition) is 0. The molecule has 1 aromatic heterocycles. The number of anilines is 3. The fourth-order valence-electron chi connectivity index (χ4n) is 12.0. The van der Waals surface area contributed by atoms with E-state index in [1.807, 2.05) is 0 Å². The lowest BCUT2D eigenvalue weighted by Gasteiger charge is -2.31. The van der Waals surface area contributed by atoms with E-state index in [2.05, 4.69) is 289 Å². The average Bonchev–Trinajstić information content (AvgIpc) is 3.95. The maximum absolute atomic E-state index is 2.64. The third kappa shape index (κ3) is 6.40. The Labute approximate surface area is 414 Å². The van der Waals surface area contributed by atoms with Gasteiger partial charge >= 0.3 is 0 Å². The zero-order valence-electron chi connectivity index (χ0n) is 39.0. The van der Waals surface area contributed by atoms with E-state index in [0.717, 1.165) is 22.7 Å². The zero-order chi connectivity index (χ0) is 46.9. The van der Waals surface area contributed by atoms with Crippen molar-refractivity contribution < 1.29 is 0 Å². The summed E-state index contributed by atoms with van der Waals surface area (Å²) in [6, 6.07) is 104. The van der Waals surface area contributed by atoms with Crippen LogP contribution in [0.3, 0.4) is 0 Å². The maximum atomic E-state index is 2.46. The van der Waals surface area contributed by atoms with Crippen molar-refractivity contribution in [3.05, 3.63) is 279 Å². The SMILES string of the molecule is c1ccc(-c2cccc3cccc(-c4ccc(N(c5cccc(-n6c7ccccc7c7ccccc76)c5)c5ccc6c7c(ccc6c5)[Si](c5ccccc5)(c5ccccc5)c5ccccc5-7)cc4)c23)cc1. The molecule has 0 amide bonds. The molecule has 0 spiro atoms. The molecule has 1 aliphatic rings. The minimum absolute atomic E-state index is 1.08. The molecule has 14 rings (SSSR count). The summed E-state index contributed by atoms with van der Waals surface area (Å²) in [5.74, 6) is 0. The Balaban J connectivity index is 0.961. The minimum atomic E-state index is -2.64. The van der Waals surface area contributed by atoms with Gasteiger partial charge in [0.1, 0.15) is 0 Å². The van der Waals surface area contributed by atoms with E-state index in [-0.39, 0.29) is 0 Å². The summed E-state index contributed by atoms with van der Waals surface area (Å²) >= 11 is 0. The van der Waals surface area contributed by atoms with Crippen LogP contribution in [0.4, 0.5) is 17.1 Å². The van der Waals surface area contributed by atoms with Crippen molar-refractivity contribution in [3.63, 3.8) is 0 Å². The molecule has 1 aliphatic heterocycles. The summed E-state index contributed by atoms with van der Waals surface area (Å²) in [7, 11) is -2.64. The first-order valence-electron chi connectivity index (χ1n) is 24.6. The van der Waals surface area contributed by atoms with Crippen LogP contribution in [-0.4, -0.2) is 12.6 Å². The van der Waals surface area contributed by atoms with Crippen LogP contribution in [0.5, 0.6) is 0 Å². The van der Waals surface area contributed by atoms with Crippen LogP contribution in [0.25, 0.3) is 82.4 Å². The van der Waals surface area contributed by atoms with Gasteiger partial charge in [0.05, 0.1) is 11.0 Å². The van der Waals surface area contributed by atoms with Gasteiger partial charge in [0.2, 0.25) is 0 Å². The largest absolute Gasteiger partial charge is 0.310 e. The van der Waals surface area contributed by atoms with Gasteiger partial charge in [-0.25, -0.2) is 0 Å². The summed E-state index contributed by atoms with van der Waals surface area (Å²) in [6.07, 6.45) is 0. The number of rotatable bonds is 8. The fraction of sp³-hybridized carbons (Fsp3) is 0. The number of aromatic nitrogens is 1. The van der Waals surface area contributed by atoms with Crippen LogP contribution in [0.2, 0.25) is 0 Å². The second-order valence-electron chi connectivity index (χ2n) is 18.8. The van der Waals surface area contributed by atoms with Crippen molar-refractivity contribution in [3.8, 4) is 39.1 Å². The van der Waals surface area contributed by atoms with Gasteiger partial charge < -0.3 is 9.47 Å². The highest BCUT2D eigenvalue weighted by atomic mass is 28.3. The molecule has 0 radical (unpaired) electrons. The molecule has 0 bridgehead atoms. The number of benzene rings is 12. The lowest BCUT2D eigenvalue weighted by atomic mass is 9.91. The van der Waals surface area contributed by atoms with Gasteiger partial charge in [0.25, 0.3) is 0 Å². The van der Waals surface area contributed by atoms with E-state index in [0.29, 0.717) is 0 Å². The molecule has 2 nitrogen and oxygen atoms in total. The minimum Gasteiger partial charge on any atom is -0.310 e. The fourth-order valence-corrected chi connectivity index (χ4v) is 17.2. The molecular weight excluding hydrogens is 873 g/mol. The van der Waals surface area contributed by atoms with E-state index >= 15 is 0 Å².